The van der Waals surface area contributed by atoms with E-state index in [1.54, 1.807) is 0 Å². The Morgan fingerprint density at radius 1 is 1.31 bits per heavy atom. The highest BCUT2D eigenvalue weighted by Gasteiger charge is 2.19. The first kappa shape index (κ1) is 19.0. The van der Waals surface area contributed by atoms with Crippen LogP contribution in [0.15, 0.2) is 35.5 Å². The number of amides is 1. The molecule has 5 nitrogen and oxygen atoms in total. The molecule has 0 saturated carbocycles. The van der Waals surface area contributed by atoms with Crippen molar-refractivity contribution in [2.75, 3.05) is 25.4 Å². The average molecular weight is 373 g/mol. The largest absolute Gasteiger partial charge is 0.353 e. The summed E-state index contributed by atoms with van der Waals surface area (Å²) in [6, 6.07) is 10.6. The number of imidazole rings is 1. The molecule has 1 fully saturated rings. The number of carbonyl (C=O) groups is 1. The molecule has 1 aliphatic rings. The molecule has 0 bridgehead atoms. The number of likely N-dealkylation sites (tertiary alicyclic amines) is 1. The van der Waals surface area contributed by atoms with E-state index in [4.69, 9.17) is 0 Å². The number of piperidine rings is 1. The van der Waals surface area contributed by atoms with E-state index in [1.165, 1.54) is 17.3 Å². The monoisotopic (exact) mass is 372 g/mol. The predicted molar refractivity (Wildman–Crippen MR) is 107 cm³/mol. The third kappa shape index (κ3) is 5.35. The molecule has 6 heteroatoms. The first-order chi connectivity index (χ1) is 12.6. The van der Waals surface area contributed by atoms with Gasteiger partial charge in [0, 0.05) is 31.2 Å². The first-order valence-corrected chi connectivity index (χ1v) is 10.4. The van der Waals surface area contributed by atoms with E-state index >= 15 is 0 Å². The number of aromatic nitrogens is 2. The van der Waals surface area contributed by atoms with Crippen LogP contribution in [0.4, 0.5) is 0 Å². The second kappa shape index (κ2) is 9.24. The first-order valence-electron chi connectivity index (χ1n) is 9.38. The van der Waals surface area contributed by atoms with E-state index in [0.717, 1.165) is 55.4 Å². The zero-order chi connectivity index (χ0) is 18.4. The third-order valence-corrected chi connectivity index (χ3v) is 5.79. The highest BCUT2D eigenvalue weighted by molar-refractivity contribution is 7.99. The van der Waals surface area contributed by atoms with Gasteiger partial charge in [0.2, 0.25) is 5.91 Å². The fourth-order valence-corrected chi connectivity index (χ4v) is 4.04. The minimum Gasteiger partial charge on any atom is -0.353 e. The summed E-state index contributed by atoms with van der Waals surface area (Å²) < 4.78 is 0. The standard InChI is InChI=1S/C20H28N4OS/c1-3-24-11-9-17(10-12-24)22-19(25)14-26-20-21-15(2)18(23-20)13-16-7-5-4-6-8-16/h4-8,17H,3,9-14H2,1-2H3,(H,21,23)(H,22,25). The summed E-state index contributed by atoms with van der Waals surface area (Å²) >= 11 is 1.48. The molecule has 0 unspecified atom stereocenters. The Hall–Kier alpha value is -1.79. The highest BCUT2D eigenvalue weighted by Crippen LogP contribution is 2.19. The Morgan fingerprint density at radius 2 is 2.04 bits per heavy atom. The van der Waals surface area contributed by atoms with Crippen molar-refractivity contribution < 1.29 is 4.79 Å². The van der Waals surface area contributed by atoms with Crippen molar-refractivity contribution in [1.29, 1.82) is 0 Å². The lowest BCUT2D eigenvalue weighted by Gasteiger charge is -2.31. The van der Waals surface area contributed by atoms with Crippen LogP contribution < -0.4 is 5.32 Å². The summed E-state index contributed by atoms with van der Waals surface area (Å²) in [6.45, 7) is 7.48. The van der Waals surface area contributed by atoms with Gasteiger partial charge in [-0.1, -0.05) is 49.0 Å². The van der Waals surface area contributed by atoms with Gasteiger partial charge in [-0.05, 0) is 31.9 Å². The quantitative estimate of drug-likeness (QED) is 0.734. The predicted octanol–water partition coefficient (Wildman–Crippen LogP) is 3.00. The molecule has 0 spiro atoms. The number of carbonyl (C=O) groups excluding carboxylic acids is 1. The SMILES string of the molecule is CCN1CCC(NC(=O)CSc2nc(Cc3ccccc3)c(C)[nH]2)CC1. The van der Waals surface area contributed by atoms with Crippen molar-refractivity contribution in [2.24, 2.45) is 0 Å². The molecule has 0 atom stereocenters. The van der Waals surface area contributed by atoms with Gasteiger partial charge in [0.05, 0.1) is 11.4 Å². The maximum absolute atomic E-state index is 12.2. The van der Waals surface area contributed by atoms with E-state index < -0.39 is 0 Å². The van der Waals surface area contributed by atoms with Crippen LogP contribution >= 0.6 is 11.8 Å². The second-order valence-electron chi connectivity index (χ2n) is 6.84. The van der Waals surface area contributed by atoms with Gasteiger partial charge in [0.25, 0.3) is 0 Å². The lowest BCUT2D eigenvalue weighted by molar-refractivity contribution is -0.119. The zero-order valence-electron chi connectivity index (χ0n) is 15.6. The summed E-state index contributed by atoms with van der Waals surface area (Å²) in [5.41, 5.74) is 3.37. The molecule has 0 aliphatic carbocycles. The van der Waals surface area contributed by atoms with E-state index in [-0.39, 0.29) is 5.91 Å². The van der Waals surface area contributed by atoms with Gasteiger partial charge in [-0.3, -0.25) is 4.79 Å². The van der Waals surface area contributed by atoms with Crippen LogP contribution in [0.5, 0.6) is 0 Å². The molecule has 2 heterocycles. The van der Waals surface area contributed by atoms with Crippen molar-refractivity contribution in [1.82, 2.24) is 20.2 Å². The Kier molecular flexibility index (Phi) is 6.74. The molecule has 0 radical (unpaired) electrons. The number of rotatable bonds is 7. The number of aromatic amines is 1. The normalized spacial score (nSPS) is 15.9. The van der Waals surface area contributed by atoms with E-state index in [2.05, 4.69) is 39.2 Å². The summed E-state index contributed by atoms with van der Waals surface area (Å²) in [7, 11) is 0. The van der Waals surface area contributed by atoms with E-state index in [9.17, 15) is 4.79 Å². The van der Waals surface area contributed by atoms with Crippen molar-refractivity contribution in [3.8, 4) is 0 Å². The molecule has 1 amide bonds. The van der Waals surface area contributed by atoms with Gasteiger partial charge in [-0.25, -0.2) is 4.98 Å². The molecule has 140 valence electrons. The molecule has 26 heavy (non-hydrogen) atoms. The molecular formula is C20H28N4OS. The molecule has 1 aliphatic heterocycles. The minimum absolute atomic E-state index is 0.101. The Balaban J connectivity index is 1.46. The molecule has 3 rings (SSSR count). The van der Waals surface area contributed by atoms with Crippen LogP contribution in [0, 0.1) is 6.92 Å². The molecular weight excluding hydrogens is 344 g/mol. The van der Waals surface area contributed by atoms with Gasteiger partial charge in [0.15, 0.2) is 5.16 Å². The maximum Gasteiger partial charge on any atom is 0.230 e. The smallest absolute Gasteiger partial charge is 0.230 e. The van der Waals surface area contributed by atoms with Gasteiger partial charge in [-0.2, -0.15) is 0 Å². The lowest BCUT2D eigenvalue weighted by Crippen LogP contribution is -2.45. The number of thioether (sulfide) groups is 1. The highest BCUT2D eigenvalue weighted by atomic mass is 32.2. The fourth-order valence-electron chi connectivity index (χ4n) is 3.29. The van der Waals surface area contributed by atoms with Gasteiger partial charge in [-0.15, -0.1) is 0 Å². The fraction of sp³-hybridized carbons (Fsp3) is 0.500. The Bertz CT molecular complexity index is 708. The van der Waals surface area contributed by atoms with Crippen molar-refractivity contribution >= 4 is 17.7 Å². The molecule has 1 saturated heterocycles. The average Bonchev–Trinajstić information content (AvgIpc) is 3.01. The van der Waals surface area contributed by atoms with Gasteiger partial charge >= 0.3 is 0 Å². The number of H-pyrrole nitrogens is 1. The van der Waals surface area contributed by atoms with Crippen molar-refractivity contribution in [3.63, 3.8) is 0 Å². The van der Waals surface area contributed by atoms with E-state index in [0.29, 0.717) is 11.8 Å². The van der Waals surface area contributed by atoms with Crippen LogP contribution in [0.1, 0.15) is 36.7 Å². The molecule has 2 N–H and O–H groups in total. The second-order valence-corrected chi connectivity index (χ2v) is 7.80. The molecule has 1 aromatic heterocycles. The number of aryl methyl sites for hydroxylation is 1. The van der Waals surface area contributed by atoms with Crippen LogP contribution in [0.2, 0.25) is 0 Å². The third-order valence-electron chi connectivity index (χ3n) is 4.92. The summed E-state index contributed by atoms with van der Waals surface area (Å²) in [5.74, 6) is 0.509. The summed E-state index contributed by atoms with van der Waals surface area (Å²) in [6.07, 6.45) is 2.91. The number of hydrogen-bond acceptors (Lipinski definition) is 4. The lowest BCUT2D eigenvalue weighted by atomic mass is 10.1. The molecule has 2 aromatic rings. The minimum atomic E-state index is 0.101. The number of nitrogens with one attached hydrogen (secondary N) is 2. The van der Waals surface area contributed by atoms with Crippen LogP contribution in [-0.2, 0) is 11.2 Å². The van der Waals surface area contributed by atoms with Crippen LogP contribution in [0.3, 0.4) is 0 Å². The Labute approximate surface area is 160 Å². The van der Waals surface area contributed by atoms with E-state index in [1.807, 2.05) is 25.1 Å². The van der Waals surface area contributed by atoms with Crippen molar-refractivity contribution in [3.05, 3.63) is 47.3 Å². The van der Waals surface area contributed by atoms with Crippen molar-refractivity contribution in [2.45, 2.75) is 44.3 Å². The van der Waals surface area contributed by atoms with Crippen LogP contribution in [0.25, 0.3) is 0 Å². The Morgan fingerprint density at radius 3 is 2.73 bits per heavy atom. The summed E-state index contributed by atoms with van der Waals surface area (Å²) in [5, 5.41) is 3.99. The van der Waals surface area contributed by atoms with Gasteiger partial charge in [0.1, 0.15) is 0 Å². The zero-order valence-corrected chi connectivity index (χ0v) is 16.4. The maximum atomic E-state index is 12.2. The van der Waals surface area contributed by atoms with Gasteiger partial charge < -0.3 is 15.2 Å². The topological polar surface area (TPSA) is 61.0 Å². The number of nitrogens with zero attached hydrogens (tertiary/aromatic N) is 2. The summed E-state index contributed by atoms with van der Waals surface area (Å²) in [4.78, 5) is 22.6. The molecule has 1 aromatic carbocycles. The number of benzene rings is 1. The number of hydrogen-bond donors (Lipinski definition) is 2. The van der Waals surface area contributed by atoms with Crippen LogP contribution in [-0.4, -0.2) is 52.2 Å².